The lowest BCUT2D eigenvalue weighted by Gasteiger charge is -2.10. The van der Waals surface area contributed by atoms with Crippen LogP contribution in [-0.4, -0.2) is 24.1 Å². The minimum atomic E-state index is -0.0761. The van der Waals surface area contributed by atoms with Crippen molar-refractivity contribution in [2.45, 2.75) is 33.7 Å². The Morgan fingerprint density at radius 2 is 1.77 bits per heavy atom. The zero-order valence-corrected chi connectivity index (χ0v) is 19.2. The number of hydrogen-bond donors (Lipinski definition) is 0. The Kier molecular flexibility index (Phi) is 4.85. The first-order valence-electron chi connectivity index (χ1n) is 10.4. The fourth-order valence-electron chi connectivity index (χ4n) is 3.84. The van der Waals surface area contributed by atoms with E-state index < -0.39 is 0 Å². The van der Waals surface area contributed by atoms with Crippen LogP contribution in [0.3, 0.4) is 0 Å². The number of nitrogens with zero attached hydrogens (tertiary/aromatic N) is 5. The van der Waals surface area contributed by atoms with E-state index in [9.17, 15) is 4.79 Å². The molecule has 0 amide bonds. The lowest BCUT2D eigenvalue weighted by molar-refractivity contribution is 0.506. The van der Waals surface area contributed by atoms with Crippen molar-refractivity contribution in [3.63, 3.8) is 0 Å². The van der Waals surface area contributed by atoms with Gasteiger partial charge in [-0.1, -0.05) is 41.9 Å². The van der Waals surface area contributed by atoms with Crippen LogP contribution in [0.15, 0.2) is 58.1 Å². The van der Waals surface area contributed by atoms with Crippen molar-refractivity contribution in [3.05, 3.63) is 69.2 Å². The molecule has 0 bridgehead atoms. The molecule has 3 aromatic heterocycles. The van der Waals surface area contributed by atoms with Crippen LogP contribution in [-0.2, 0) is 6.54 Å². The lowest BCUT2D eigenvalue weighted by Crippen LogP contribution is -2.21. The van der Waals surface area contributed by atoms with Gasteiger partial charge in [0, 0.05) is 16.7 Å². The standard InChI is InChI=1S/C24H22BrN5O/c1-14(2)10-11-29-13-26-22-20(24(29)31)21-23(28-19-7-5-4-6-18(19)27-21)30(22)16-8-9-17(25)15(3)12-16/h4-9,12-14H,10-11H2,1-3H3. The maximum atomic E-state index is 13.5. The summed E-state index contributed by atoms with van der Waals surface area (Å²) in [5.74, 6) is 0.499. The highest BCUT2D eigenvalue weighted by Crippen LogP contribution is 2.29. The predicted octanol–water partition coefficient (Wildman–Crippen LogP) is 5.40. The summed E-state index contributed by atoms with van der Waals surface area (Å²) < 4.78 is 4.66. The second kappa shape index (κ2) is 7.57. The summed E-state index contributed by atoms with van der Waals surface area (Å²) in [7, 11) is 0. The summed E-state index contributed by atoms with van der Waals surface area (Å²) in [5, 5.41) is 0.514. The molecule has 0 radical (unpaired) electrons. The Morgan fingerprint density at radius 3 is 2.48 bits per heavy atom. The van der Waals surface area contributed by atoms with E-state index in [-0.39, 0.29) is 5.56 Å². The molecule has 0 aliphatic heterocycles. The van der Waals surface area contributed by atoms with E-state index in [1.807, 2.05) is 47.9 Å². The van der Waals surface area contributed by atoms with E-state index in [4.69, 9.17) is 15.0 Å². The fraction of sp³-hybridized carbons (Fsp3) is 0.250. The highest BCUT2D eigenvalue weighted by molar-refractivity contribution is 9.10. The molecule has 5 aromatic rings. The van der Waals surface area contributed by atoms with Crippen LogP contribution in [0.25, 0.3) is 38.9 Å². The van der Waals surface area contributed by atoms with Gasteiger partial charge in [-0.15, -0.1) is 0 Å². The molecule has 0 atom stereocenters. The molecule has 7 heteroatoms. The van der Waals surface area contributed by atoms with Crippen LogP contribution in [0.5, 0.6) is 0 Å². The molecule has 31 heavy (non-hydrogen) atoms. The molecule has 0 N–H and O–H groups in total. The maximum Gasteiger partial charge on any atom is 0.265 e. The first-order valence-corrected chi connectivity index (χ1v) is 11.2. The van der Waals surface area contributed by atoms with E-state index in [1.165, 1.54) is 0 Å². The molecule has 3 heterocycles. The average molecular weight is 476 g/mol. The molecular weight excluding hydrogens is 454 g/mol. The molecule has 156 valence electrons. The monoisotopic (exact) mass is 475 g/mol. The molecule has 0 aliphatic carbocycles. The smallest absolute Gasteiger partial charge is 0.265 e. The molecule has 0 spiro atoms. The van der Waals surface area contributed by atoms with Gasteiger partial charge in [0.05, 0.1) is 17.4 Å². The van der Waals surface area contributed by atoms with Gasteiger partial charge in [0.25, 0.3) is 5.56 Å². The Bertz CT molecular complexity index is 1520. The van der Waals surface area contributed by atoms with Crippen molar-refractivity contribution in [3.8, 4) is 5.69 Å². The second-order valence-corrected chi connectivity index (χ2v) is 9.13. The van der Waals surface area contributed by atoms with Gasteiger partial charge in [0.2, 0.25) is 0 Å². The molecule has 2 aromatic carbocycles. The van der Waals surface area contributed by atoms with Crippen LogP contribution in [0.4, 0.5) is 0 Å². The SMILES string of the molecule is Cc1cc(-n2c3nc4ccccc4nc3c3c(=O)n(CCC(C)C)cnc32)ccc1Br. The van der Waals surface area contributed by atoms with Crippen molar-refractivity contribution in [2.75, 3.05) is 0 Å². The van der Waals surface area contributed by atoms with Crippen LogP contribution < -0.4 is 5.56 Å². The highest BCUT2D eigenvalue weighted by Gasteiger charge is 2.21. The van der Waals surface area contributed by atoms with Crippen molar-refractivity contribution < 1.29 is 0 Å². The quantitative estimate of drug-likeness (QED) is 0.349. The van der Waals surface area contributed by atoms with Gasteiger partial charge in [0.1, 0.15) is 10.9 Å². The summed E-state index contributed by atoms with van der Waals surface area (Å²) >= 11 is 3.57. The van der Waals surface area contributed by atoms with Crippen molar-refractivity contribution in [2.24, 2.45) is 5.92 Å². The van der Waals surface area contributed by atoms with E-state index >= 15 is 0 Å². The average Bonchev–Trinajstić information content (AvgIpc) is 3.07. The maximum absolute atomic E-state index is 13.5. The van der Waals surface area contributed by atoms with Gasteiger partial charge in [0.15, 0.2) is 11.3 Å². The third-order valence-corrected chi connectivity index (χ3v) is 6.47. The summed E-state index contributed by atoms with van der Waals surface area (Å²) in [6, 6.07) is 13.8. The Morgan fingerprint density at radius 1 is 1.03 bits per heavy atom. The number of aryl methyl sites for hydroxylation is 2. The molecule has 0 saturated heterocycles. The summed E-state index contributed by atoms with van der Waals surface area (Å²) in [6.07, 6.45) is 2.56. The first kappa shape index (κ1) is 19.9. The summed E-state index contributed by atoms with van der Waals surface area (Å²) in [4.78, 5) is 27.9. The number of halogens is 1. The normalized spacial score (nSPS) is 11.9. The minimum Gasteiger partial charge on any atom is -0.299 e. The fourth-order valence-corrected chi connectivity index (χ4v) is 4.09. The van der Waals surface area contributed by atoms with Crippen molar-refractivity contribution >= 4 is 49.2 Å². The molecule has 0 saturated carbocycles. The summed E-state index contributed by atoms with van der Waals surface area (Å²) in [5.41, 5.74) is 5.27. The molecule has 5 rings (SSSR count). The van der Waals surface area contributed by atoms with E-state index in [0.717, 1.165) is 33.2 Å². The number of rotatable bonds is 4. The van der Waals surface area contributed by atoms with Crippen molar-refractivity contribution in [1.82, 2.24) is 24.1 Å². The third-order valence-electron chi connectivity index (χ3n) is 5.58. The molecular formula is C24H22BrN5O. The van der Waals surface area contributed by atoms with Crippen LogP contribution >= 0.6 is 15.9 Å². The highest BCUT2D eigenvalue weighted by atomic mass is 79.9. The number of benzene rings is 2. The van der Waals surface area contributed by atoms with Crippen LogP contribution in [0.2, 0.25) is 0 Å². The molecule has 6 nitrogen and oxygen atoms in total. The Hall–Kier alpha value is -3.06. The topological polar surface area (TPSA) is 65.6 Å². The number of aromatic nitrogens is 5. The van der Waals surface area contributed by atoms with Gasteiger partial charge in [-0.05, 0) is 55.2 Å². The number of hydrogen-bond acceptors (Lipinski definition) is 4. The lowest BCUT2D eigenvalue weighted by atomic mass is 10.1. The van der Waals surface area contributed by atoms with Crippen LogP contribution in [0.1, 0.15) is 25.8 Å². The van der Waals surface area contributed by atoms with E-state index in [1.54, 1.807) is 10.9 Å². The first-order chi connectivity index (χ1) is 14.9. The van der Waals surface area contributed by atoms with Gasteiger partial charge in [-0.3, -0.25) is 13.9 Å². The zero-order valence-electron chi connectivity index (χ0n) is 17.6. The number of fused-ring (bicyclic) bond motifs is 4. The minimum absolute atomic E-state index is 0.0761. The van der Waals surface area contributed by atoms with Gasteiger partial charge < -0.3 is 0 Å². The zero-order chi connectivity index (χ0) is 21.7. The van der Waals surface area contributed by atoms with Crippen LogP contribution in [0, 0.1) is 12.8 Å². The predicted molar refractivity (Wildman–Crippen MR) is 128 cm³/mol. The number of para-hydroxylation sites is 2. The Labute approximate surface area is 187 Å². The van der Waals surface area contributed by atoms with Gasteiger partial charge >= 0.3 is 0 Å². The van der Waals surface area contributed by atoms with Crippen molar-refractivity contribution in [1.29, 1.82) is 0 Å². The third kappa shape index (κ3) is 3.33. The van der Waals surface area contributed by atoms with Gasteiger partial charge in [-0.25, -0.2) is 15.0 Å². The largest absolute Gasteiger partial charge is 0.299 e. The molecule has 0 unspecified atom stereocenters. The molecule has 0 aliphatic rings. The van der Waals surface area contributed by atoms with Gasteiger partial charge in [-0.2, -0.15) is 0 Å². The second-order valence-electron chi connectivity index (χ2n) is 8.28. The summed E-state index contributed by atoms with van der Waals surface area (Å²) in [6.45, 7) is 6.96. The molecule has 0 fully saturated rings. The Balaban J connectivity index is 1.89. The van der Waals surface area contributed by atoms with E-state index in [0.29, 0.717) is 34.7 Å². The van der Waals surface area contributed by atoms with E-state index in [2.05, 4.69) is 35.8 Å².